The first-order chi connectivity index (χ1) is 7.24. The summed E-state index contributed by atoms with van der Waals surface area (Å²) in [6, 6.07) is 0. The third-order valence-electron chi connectivity index (χ3n) is 1.81. The molecule has 0 radical (unpaired) electrons. The number of imidazole rings is 1. The molecule has 0 N–H and O–H groups in total. The molecule has 0 aromatic carbocycles. The van der Waals surface area contributed by atoms with E-state index in [1.807, 2.05) is 4.14 Å². The highest BCUT2D eigenvalue weighted by Gasteiger charge is 2.18. The van der Waals surface area contributed by atoms with E-state index in [1.165, 1.54) is 0 Å². The van der Waals surface area contributed by atoms with Gasteiger partial charge in [-0.25, -0.2) is 9.78 Å². The van der Waals surface area contributed by atoms with Crippen LogP contribution in [0, 0.1) is 0 Å². The van der Waals surface area contributed by atoms with Gasteiger partial charge in [0.2, 0.25) is 0 Å². The molecule has 1 aliphatic heterocycles. The molecule has 0 unspecified atom stereocenters. The van der Waals surface area contributed by atoms with Crippen LogP contribution < -0.4 is 0 Å². The van der Waals surface area contributed by atoms with Gasteiger partial charge in [-0.3, -0.25) is 4.57 Å². The van der Waals surface area contributed by atoms with Gasteiger partial charge < -0.3 is 4.74 Å². The Morgan fingerprint density at radius 2 is 2.53 bits per heavy atom. The van der Waals surface area contributed by atoms with Crippen LogP contribution in [-0.2, 0) is 4.74 Å². The lowest BCUT2D eigenvalue weighted by molar-refractivity contribution is 0.0518. The first-order valence-corrected chi connectivity index (χ1v) is 7.58. The number of carbonyl (C=O) groups excluding carboxylic acids is 1. The number of hydrogen-bond donors (Lipinski definition) is 0. The average molecular weight is 383 g/mol. The van der Waals surface area contributed by atoms with Gasteiger partial charge in [0.05, 0.1) is 17.3 Å². The van der Waals surface area contributed by atoms with Gasteiger partial charge in [-0.15, -0.1) is 0 Å². The average Bonchev–Trinajstić information content (AvgIpc) is 2.63. The topological polar surface area (TPSA) is 44.1 Å². The van der Waals surface area contributed by atoms with Crippen molar-refractivity contribution in [2.45, 2.75) is 6.92 Å². The molecule has 1 aromatic heterocycles. The maximum atomic E-state index is 11.6. The quantitative estimate of drug-likeness (QED) is 0.582. The summed E-state index contributed by atoms with van der Waals surface area (Å²) < 4.78 is 11.8. The van der Waals surface area contributed by atoms with Crippen molar-refractivity contribution in [2.75, 3.05) is 6.61 Å². The van der Waals surface area contributed by atoms with Crippen molar-refractivity contribution >= 4 is 51.2 Å². The molecular formula is C9H8BrIN2O2. The molecule has 80 valence electrons. The minimum absolute atomic E-state index is 0.159. The summed E-state index contributed by atoms with van der Waals surface area (Å²) in [6.07, 6.45) is 1.55. The molecule has 0 spiro atoms. The van der Waals surface area contributed by atoms with Crippen LogP contribution in [0.5, 0.6) is 0 Å². The Balaban J connectivity index is 2.41. The fourth-order valence-corrected chi connectivity index (χ4v) is 3.79. The van der Waals surface area contributed by atoms with Crippen molar-refractivity contribution in [2.24, 2.45) is 0 Å². The number of fused-ring (bicyclic) bond motifs is 1. The largest absolute Gasteiger partial charge is 0.461 e. The maximum absolute atomic E-state index is 11.6. The van der Waals surface area contributed by atoms with Gasteiger partial charge in [0.25, 0.3) is 0 Å². The van der Waals surface area contributed by atoms with E-state index in [9.17, 15) is 4.79 Å². The molecule has 1 aliphatic rings. The third-order valence-corrected chi connectivity index (χ3v) is 5.11. The van der Waals surface area contributed by atoms with Crippen molar-refractivity contribution in [3.63, 3.8) is 0 Å². The summed E-state index contributed by atoms with van der Waals surface area (Å²) in [4.78, 5) is 15.7. The summed E-state index contributed by atoms with van der Waals surface area (Å²) in [5.41, 5.74) is 0.497. The summed E-state index contributed by atoms with van der Waals surface area (Å²) in [7, 11) is 0. The van der Waals surface area contributed by atoms with Crippen LogP contribution in [0.2, 0.25) is 0 Å². The van der Waals surface area contributed by atoms with Crippen LogP contribution in [-0.4, -0.2) is 26.3 Å². The highest BCUT2D eigenvalue weighted by Crippen LogP contribution is 2.27. The fraction of sp³-hybridized carbons (Fsp3) is 0.222. The van der Waals surface area contributed by atoms with Gasteiger partial charge in [0.15, 0.2) is 11.5 Å². The number of nitrogens with zero attached hydrogens (tertiary/aromatic N) is 2. The predicted octanol–water partition coefficient (Wildman–Crippen LogP) is 2.35. The Hall–Kier alpha value is -0.500. The third kappa shape index (κ3) is 2.05. The molecule has 0 saturated carbocycles. The smallest absolute Gasteiger partial charge is 0.356 e. The molecule has 2 rings (SSSR count). The van der Waals surface area contributed by atoms with Crippen molar-refractivity contribution in [1.29, 1.82) is 0 Å². The maximum Gasteiger partial charge on any atom is 0.356 e. The Bertz CT molecular complexity index is 465. The van der Waals surface area contributed by atoms with Gasteiger partial charge in [-0.1, -0.05) is 20.7 Å². The lowest BCUT2D eigenvalue weighted by Crippen LogP contribution is -2.13. The summed E-state index contributed by atoms with van der Waals surface area (Å²) in [5, 5.41) is 0. The molecule has 15 heavy (non-hydrogen) atoms. The number of halogens is 2. The first-order valence-electron chi connectivity index (χ1n) is 4.29. The molecule has 6 heteroatoms. The summed E-state index contributed by atoms with van der Waals surface area (Å²) in [5.74, 6) is 0.447. The van der Waals surface area contributed by atoms with E-state index >= 15 is 0 Å². The molecule has 0 saturated heterocycles. The monoisotopic (exact) mass is 382 g/mol. The Labute approximate surface area is 105 Å². The minimum atomic E-state index is -0.321. The number of aromatic nitrogens is 2. The van der Waals surface area contributed by atoms with Gasteiger partial charge in [0, 0.05) is 4.14 Å². The molecule has 0 aliphatic carbocycles. The van der Waals surface area contributed by atoms with Gasteiger partial charge >= 0.3 is 5.97 Å². The van der Waals surface area contributed by atoms with E-state index in [4.69, 9.17) is 4.74 Å². The second-order valence-corrected chi connectivity index (χ2v) is 5.49. The molecule has 0 fully saturated rings. The number of ether oxygens (including phenoxy) is 1. The van der Waals surface area contributed by atoms with E-state index in [2.05, 4.69) is 25.0 Å². The molecule has 0 bridgehead atoms. The molecule has 1 aromatic rings. The van der Waals surface area contributed by atoms with Crippen molar-refractivity contribution in [3.05, 3.63) is 21.8 Å². The molecule has 0 atom stereocenters. The lowest BCUT2D eigenvalue weighted by atomic mass is 10.5. The van der Waals surface area contributed by atoms with Crippen molar-refractivity contribution in [3.8, 4) is 0 Å². The number of esters is 1. The predicted molar refractivity (Wildman–Crippen MR) is 70.6 cm³/mol. The molecule has 2 heterocycles. The second-order valence-electron chi connectivity index (χ2n) is 2.74. The minimum Gasteiger partial charge on any atom is -0.461 e. The Kier molecular flexibility index (Phi) is 3.35. The molecular weight excluding hydrogens is 375 g/mol. The van der Waals surface area contributed by atoms with Crippen molar-refractivity contribution < 1.29 is 9.53 Å². The molecule has 0 amide bonds. The van der Waals surface area contributed by atoms with Gasteiger partial charge in [-0.05, 0) is 26.9 Å². The number of carbonyl (C=O) groups is 1. The standard InChI is InChI=1S/C9H8BrIN2O2/c1-2-15-9(14)7-4-12-8-6(10)3-11-5-13(7)8/h3-5H,2H2,1H3. The summed E-state index contributed by atoms with van der Waals surface area (Å²) in [6.45, 7) is 2.17. The molecule has 4 nitrogen and oxygen atoms in total. The van der Waals surface area contributed by atoms with Crippen LogP contribution in [0.3, 0.4) is 0 Å². The van der Waals surface area contributed by atoms with E-state index < -0.39 is 0 Å². The summed E-state index contributed by atoms with van der Waals surface area (Å²) >= 11 is 3.26. The van der Waals surface area contributed by atoms with Crippen LogP contribution in [0.25, 0.3) is 4.48 Å². The number of hydrogen-bond acceptors (Lipinski definition) is 3. The van der Waals surface area contributed by atoms with Gasteiger partial charge in [-0.2, -0.15) is 0 Å². The normalized spacial score (nSPS) is 13.9. The number of rotatable bonds is 2. The Morgan fingerprint density at radius 3 is 3.27 bits per heavy atom. The van der Waals surface area contributed by atoms with Crippen LogP contribution in [0.4, 0.5) is 0 Å². The van der Waals surface area contributed by atoms with E-state index in [0.29, 0.717) is 12.3 Å². The van der Waals surface area contributed by atoms with E-state index in [0.717, 1.165) is 10.3 Å². The zero-order chi connectivity index (χ0) is 10.8. The SMILES string of the molecule is CCOC(=O)c1cnc2n1C=IC=C2Br. The van der Waals surface area contributed by atoms with Crippen LogP contribution in [0.15, 0.2) is 10.3 Å². The zero-order valence-corrected chi connectivity index (χ0v) is 11.6. The van der Waals surface area contributed by atoms with E-state index in [1.54, 1.807) is 17.7 Å². The fourth-order valence-electron chi connectivity index (χ4n) is 1.18. The van der Waals surface area contributed by atoms with Crippen molar-refractivity contribution in [1.82, 2.24) is 9.55 Å². The first kappa shape index (κ1) is 11.0. The lowest BCUT2D eigenvalue weighted by Gasteiger charge is -2.07. The highest BCUT2D eigenvalue weighted by atomic mass is 127. The Morgan fingerprint density at radius 1 is 1.73 bits per heavy atom. The van der Waals surface area contributed by atoms with E-state index in [-0.39, 0.29) is 26.7 Å². The van der Waals surface area contributed by atoms with Crippen LogP contribution in [0.1, 0.15) is 23.2 Å². The van der Waals surface area contributed by atoms with Crippen LogP contribution >= 0.6 is 36.7 Å². The highest BCUT2D eigenvalue weighted by molar-refractivity contribution is 14.2. The zero-order valence-electron chi connectivity index (χ0n) is 7.91. The van der Waals surface area contributed by atoms with Gasteiger partial charge in [0.1, 0.15) is 0 Å². The second kappa shape index (κ2) is 4.56.